The van der Waals surface area contributed by atoms with Crippen LogP contribution in [0.1, 0.15) is 20.3 Å². The van der Waals surface area contributed by atoms with Crippen LogP contribution in [0.3, 0.4) is 0 Å². The number of benzene rings is 1. The average Bonchev–Trinajstić information content (AvgIpc) is 2.25. The Kier molecular flexibility index (Phi) is 4.69. The Hall–Kier alpha value is -1.50. The van der Waals surface area contributed by atoms with E-state index in [0.717, 1.165) is 17.7 Å². The average molecular weight is 202 g/mol. The Bertz CT molecular complexity index is 332. The van der Waals surface area contributed by atoms with E-state index < -0.39 is 0 Å². The predicted octanol–water partition coefficient (Wildman–Crippen LogP) is 3.98. The SMILES string of the molecule is C=C(CC=C(C)C)COc1ccccc1. The Morgan fingerprint density at radius 1 is 1.27 bits per heavy atom. The van der Waals surface area contributed by atoms with Gasteiger partial charge in [0.25, 0.3) is 0 Å². The van der Waals surface area contributed by atoms with Gasteiger partial charge in [-0.2, -0.15) is 0 Å². The maximum absolute atomic E-state index is 5.57. The van der Waals surface area contributed by atoms with Crippen molar-refractivity contribution in [2.75, 3.05) is 6.61 Å². The van der Waals surface area contributed by atoms with Crippen molar-refractivity contribution in [2.24, 2.45) is 0 Å². The van der Waals surface area contributed by atoms with Gasteiger partial charge in [0, 0.05) is 0 Å². The summed E-state index contributed by atoms with van der Waals surface area (Å²) in [6.07, 6.45) is 3.06. The van der Waals surface area contributed by atoms with E-state index in [-0.39, 0.29) is 0 Å². The Balaban J connectivity index is 2.32. The number of allylic oxidation sites excluding steroid dienone is 2. The fourth-order valence-electron chi connectivity index (χ4n) is 1.11. The summed E-state index contributed by atoms with van der Waals surface area (Å²) < 4.78 is 5.57. The van der Waals surface area contributed by atoms with E-state index in [9.17, 15) is 0 Å². The molecule has 1 aromatic carbocycles. The number of hydrogen-bond donors (Lipinski definition) is 0. The molecule has 0 unspecified atom stereocenters. The predicted molar refractivity (Wildman–Crippen MR) is 65.1 cm³/mol. The third-order valence-electron chi connectivity index (χ3n) is 1.99. The van der Waals surface area contributed by atoms with Crippen molar-refractivity contribution in [2.45, 2.75) is 20.3 Å². The smallest absolute Gasteiger partial charge is 0.119 e. The lowest BCUT2D eigenvalue weighted by atomic mass is 10.2. The molecule has 0 aromatic heterocycles. The molecule has 0 saturated carbocycles. The van der Waals surface area contributed by atoms with Crippen LogP contribution < -0.4 is 4.74 Å². The van der Waals surface area contributed by atoms with Crippen LogP contribution in [0, 0.1) is 0 Å². The number of hydrogen-bond acceptors (Lipinski definition) is 1. The van der Waals surface area contributed by atoms with E-state index in [1.54, 1.807) is 0 Å². The lowest BCUT2D eigenvalue weighted by Crippen LogP contribution is -1.99. The zero-order valence-corrected chi connectivity index (χ0v) is 9.49. The number of para-hydroxylation sites is 1. The first-order chi connectivity index (χ1) is 7.18. The van der Waals surface area contributed by atoms with Gasteiger partial charge in [0.05, 0.1) is 0 Å². The van der Waals surface area contributed by atoms with Crippen molar-refractivity contribution in [1.82, 2.24) is 0 Å². The minimum atomic E-state index is 0.591. The molecule has 0 bridgehead atoms. The first-order valence-corrected chi connectivity index (χ1v) is 5.16. The zero-order valence-electron chi connectivity index (χ0n) is 9.49. The van der Waals surface area contributed by atoms with Crippen LogP contribution in [0.2, 0.25) is 0 Å². The van der Waals surface area contributed by atoms with Crippen LogP contribution in [0.25, 0.3) is 0 Å². The largest absolute Gasteiger partial charge is 0.489 e. The zero-order chi connectivity index (χ0) is 11.1. The molecule has 1 aromatic rings. The third-order valence-corrected chi connectivity index (χ3v) is 1.99. The summed E-state index contributed by atoms with van der Waals surface area (Å²) in [6.45, 7) is 8.74. The van der Waals surface area contributed by atoms with Crippen molar-refractivity contribution in [3.8, 4) is 5.75 Å². The standard InChI is InChI=1S/C14H18O/c1-12(2)9-10-13(3)11-15-14-7-5-4-6-8-14/h4-9H,3,10-11H2,1-2H3. The van der Waals surface area contributed by atoms with Gasteiger partial charge >= 0.3 is 0 Å². The number of ether oxygens (including phenoxy) is 1. The molecule has 15 heavy (non-hydrogen) atoms. The Morgan fingerprint density at radius 2 is 1.93 bits per heavy atom. The molecule has 0 aliphatic carbocycles. The first-order valence-electron chi connectivity index (χ1n) is 5.16. The van der Waals surface area contributed by atoms with Crippen LogP contribution in [0.5, 0.6) is 5.75 Å². The van der Waals surface area contributed by atoms with Gasteiger partial charge in [0.15, 0.2) is 0 Å². The summed E-state index contributed by atoms with van der Waals surface area (Å²) in [6, 6.07) is 9.82. The minimum Gasteiger partial charge on any atom is -0.489 e. The van der Waals surface area contributed by atoms with Crippen LogP contribution in [-0.4, -0.2) is 6.61 Å². The maximum atomic E-state index is 5.57. The van der Waals surface area contributed by atoms with Gasteiger partial charge in [-0.3, -0.25) is 0 Å². The summed E-state index contributed by atoms with van der Waals surface area (Å²) in [7, 11) is 0. The van der Waals surface area contributed by atoms with Gasteiger partial charge in [0.1, 0.15) is 12.4 Å². The molecule has 0 atom stereocenters. The molecule has 0 spiro atoms. The molecule has 0 aliphatic rings. The van der Waals surface area contributed by atoms with Gasteiger partial charge in [-0.15, -0.1) is 0 Å². The summed E-state index contributed by atoms with van der Waals surface area (Å²) in [5.41, 5.74) is 2.41. The van der Waals surface area contributed by atoms with E-state index in [1.165, 1.54) is 5.57 Å². The maximum Gasteiger partial charge on any atom is 0.119 e. The highest BCUT2D eigenvalue weighted by Crippen LogP contribution is 2.11. The van der Waals surface area contributed by atoms with Crippen LogP contribution >= 0.6 is 0 Å². The fourth-order valence-corrected chi connectivity index (χ4v) is 1.11. The molecule has 0 N–H and O–H groups in total. The van der Waals surface area contributed by atoms with Gasteiger partial charge < -0.3 is 4.74 Å². The lowest BCUT2D eigenvalue weighted by molar-refractivity contribution is 0.350. The normalized spacial score (nSPS) is 9.47. The Morgan fingerprint density at radius 3 is 2.53 bits per heavy atom. The van der Waals surface area contributed by atoms with Crippen molar-refractivity contribution in [3.63, 3.8) is 0 Å². The molecule has 1 rings (SSSR count). The van der Waals surface area contributed by atoms with E-state index in [2.05, 4.69) is 26.5 Å². The second-order valence-corrected chi connectivity index (χ2v) is 3.84. The molecular weight excluding hydrogens is 184 g/mol. The molecule has 0 saturated heterocycles. The van der Waals surface area contributed by atoms with Crippen molar-refractivity contribution >= 4 is 0 Å². The number of rotatable bonds is 5. The highest BCUT2D eigenvalue weighted by atomic mass is 16.5. The van der Waals surface area contributed by atoms with Crippen LogP contribution in [0.4, 0.5) is 0 Å². The molecule has 0 aliphatic heterocycles. The van der Waals surface area contributed by atoms with E-state index in [1.807, 2.05) is 30.3 Å². The van der Waals surface area contributed by atoms with E-state index >= 15 is 0 Å². The van der Waals surface area contributed by atoms with Crippen molar-refractivity contribution in [3.05, 3.63) is 54.1 Å². The van der Waals surface area contributed by atoms with Crippen molar-refractivity contribution < 1.29 is 4.74 Å². The fraction of sp³-hybridized carbons (Fsp3) is 0.286. The third kappa shape index (κ3) is 5.06. The van der Waals surface area contributed by atoms with Gasteiger partial charge in [-0.25, -0.2) is 0 Å². The van der Waals surface area contributed by atoms with Crippen LogP contribution in [0.15, 0.2) is 54.1 Å². The molecule has 0 radical (unpaired) electrons. The minimum absolute atomic E-state index is 0.591. The van der Waals surface area contributed by atoms with Gasteiger partial charge in [-0.05, 0) is 38.0 Å². The lowest BCUT2D eigenvalue weighted by Gasteiger charge is -2.06. The van der Waals surface area contributed by atoms with E-state index in [0.29, 0.717) is 6.61 Å². The highest BCUT2D eigenvalue weighted by Gasteiger charge is 1.94. The highest BCUT2D eigenvalue weighted by molar-refractivity contribution is 5.21. The quantitative estimate of drug-likeness (QED) is 0.656. The second kappa shape index (κ2) is 6.07. The van der Waals surface area contributed by atoms with Gasteiger partial charge in [-0.1, -0.05) is 36.4 Å². The molecule has 0 fully saturated rings. The topological polar surface area (TPSA) is 9.23 Å². The van der Waals surface area contributed by atoms with Crippen molar-refractivity contribution in [1.29, 1.82) is 0 Å². The molecule has 80 valence electrons. The molecule has 0 amide bonds. The summed E-state index contributed by atoms with van der Waals surface area (Å²) in [4.78, 5) is 0. The molecular formula is C14H18O. The Labute approximate surface area is 92.1 Å². The van der Waals surface area contributed by atoms with E-state index in [4.69, 9.17) is 4.74 Å². The summed E-state index contributed by atoms with van der Waals surface area (Å²) in [5.74, 6) is 0.899. The first kappa shape index (κ1) is 11.6. The van der Waals surface area contributed by atoms with Crippen LogP contribution in [-0.2, 0) is 0 Å². The molecule has 0 heterocycles. The second-order valence-electron chi connectivity index (χ2n) is 3.84. The summed E-state index contributed by atoms with van der Waals surface area (Å²) >= 11 is 0. The van der Waals surface area contributed by atoms with Gasteiger partial charge in [0.2, 0.25) is 0 Å². The monoisotopic (exact) mass is 202 g/mol. The molecule has 1 heteroatoms. The summed E-state index contributed by atoms with van der Waals surface area (Å²) in [5, 5.41) is 0. The molecule has 1 nitrogen and oxygen atoms in total.